The van der Waals surface area contributed by atoms with Crippen molar-refractivity contribution in [2.45, 2.75) is 52.7 Å². The van der Waals surface area contributed by atoms with E-state index in [1.807, 2.05) is 19.1 Å². The summed E-state index contributed by atoms with van der Waals surface area (Å²) < 4.78 is 12.7. The second-order valence-corrected chi connectivity index (χ2v) is 11.1. The van der Waals surface area contributed by atoms with E-state index in [0.717, 1.165) is 38.8 Å². The molecule has 6 rings (SSSR count). The number of hydrogen-bond donors (Lipinski definition) is 0. The number of fused-ring (bicyclic) bond motifs is 2. The standard InChI is InChI=1S/C31H29BN2O2.C3H6/c1-20-17-22(19-23(18-20)32-35-30(2,3)31(4,5)36-32)29-33-27-16-9-8-14-26(27)28(34-29)25-15-10-12-21-11-6-7-13-24(21)25;1-3-2/h6-19H,1-5H3;3H,1H2,2H3. The van der Waals surface area contributed by atoms with Crippen LogP contribution < -0.4 is 5.46 Å². The van der Waals surface area contributed by atoms with Crippen LogP contribution in [0.2, 0.25) is 0 Å². The number of nitrogens with zero attached hydrogens (tertiary/aromatic N) is 2. The minimum absolute atomic E-state index is 0.400. The van der Waals surface area contributed by atoms with E-state index in [2.05, 4.69) is 114 Å². The maximum Gasteiger partial charge on any atom is 0.494 e. The molecule has 1 aliphatic heterocycles. The summed E-state index contributed by atoms with van der Waals surface area (Å²) in [6.07, 6.45) is 1.75. The van der Waals surface area contributed by atoms with Gasteiger partial charge in [0.2, 0.25) is 0 Å². The van der Waals surface area contributed by atoms with Crippen LogP contribution in [0.5, 0.6) is 0 Å². The van der Waals surface area contributed by atoms with E-state index in [4.69, 9.17) is 19.3 Å². The average molecular weight is 514 g/mol. The van der Waals surface area contributed by atoms with E-state index in [-0.39, 0.29) is 0 Å². The molecule has 0 amide bonds. The van der Waals surface area contributed by atoms with Gasteiger partial charge in [-0.25, -0.2) is 9.97 Å². The normalized spacial score (nSPS) is 15.7. The highest BCUT2D eigenvalue weighted by molar-refractivity contribution is 6.62. The fourth-order valence-electron chi connectivity index (χ4n) is 4.90. The Bertz CT molecular complexity index is 1650. The Morgan fingerprint density at radius 3 is 2.10 bits per heavy atom. The Hall–Kier alpha value is -3.80. The van der Waals surface area contributed by atoms with Gasteiger partial charge in [0.25, 0.3) is 0 Å². The first-order valence-electron chi connectivity index (χ1n) is 13.4. The predicted octanol–water partition coefficient (Wildman–Crippen LogP) is 7.92. The van der Waals surface area contributed by atoms with Crippen molar-refractivity contribution >= 4 is 34.3 Å². The number of rotatable bonds is 3. The number of hydrogen-bond acceptors (Lipinski definition) is 4. The molecule has 39 heavy (non-hydrogen) atoms. The zero-order valence-corrected chi connectivity index (χ0v) is 23.7. The number of aromatic nitrogens is 2. The van der Waals surface area contributed by atoms with Crippen LogP contribution in [-0.4, -0.2) is 28.3 Å². The number of allylic oxidation sites excluding steroid dienone is 1. The molecule has 0 aliphatic carbocycles. The molecule has 5 aromatic rings. The Morgan fingerprint density at radius 2 is 1.38 bits per heavy atom. The molecule has 1 aromatic heterocycles. The Labute approximate surface area is 231 Å². The fraction of sp³-hybridized carbons (Fsp3) is 0.235. The predicted molar refractivity (Wildman–Crippen MR) is 164 cm³/mol. The summed E-state index contributed by atoms with van der Waals surface area (Å²) in [6, 6.07) is 29.4. The highest BCUT2D eigenvalue weighted by Gasteiger charge is 2.51. The number of para-hydroxylation sites is 1. The summed E-state index contributed by atoms with van der Waals surface area (Å²) in [5, 5.41) is 3.41. The molecule has 0 radical (unpaired) electrons. The van der Waals surface area contributed by atoms with Crippen molar-refractivity contribution < 1.29 is 9.31 Å². The lowest BCUT2D eigenvalue weighted by Gasteiger charge is -2.32. The third-order valence-corrected chi connectivity index (χ3v) is 7.53. The van der Waals surface area contributed by atoms with Crippen LogP contribution >= 0.6 is 0 Å². The molecular formula is C34H35BN2O2. The van der Waals surface area contributed by atoms with Crippen LogP contribution in [0.1, 0.15) is 40.2 Å². The topological polar surface area (TPSA) is 44.2 Å². The fourth-order valence-corrected chi connectivity index (χ4v) is 4.90. The molecule has 1 saturated heterocycles. The lowest BCUT2D eigenvalue weighted by atomic mass is 9.77. The SMILES string of the molecule is C=CC.Cc1cc(B2OC(C)(C)C(C)(C)O2)cc(-c2nc(-c3cccc4ccccc34)c3ccccc3n2)c1. The lowest BCUT2D eigenvalue weighted by molar-refractivity contribution is 0.00578. The zero-order valence-electron chi connectivity index (χ0n) is 23.7. The van der Waals surface area contributed by atoms with E-state index in [1.54, 1.807) is 6.08 Å². The maximum atomic E-state index is 6.34. The van der Waals surface area contributed by atoms with Gasteiger partial charge in [0, 0.05) is 16.5 Å². The molecule has 4 nitrogen and oxygen atoms in total. The van der Waals surface area contributed by atoms with Gasteiger partial charge in [0.1, 0.15) is 0 Å². The van der Waals surface area contributed by atoms with Gasteiger partial charge in [-0.15, -0.1) is 6.58 Å². The van der Waals surface area contributed by atoms with Crippen molar-refractivity contribution in [3.63, 3.8) is 0 Å². The van der Waals surface area contributed by atoms with Gasteiger partial charge in [-0.2, -0.15) is 0 Å². The smallest absolute Gasteiger partial charge is 0.399 e. The molecule has 0 spiro atoms. The lowest BCUT2D eigenvalue weighted by Crippen LogP contribution is -2.41. The summed E-state index contributed by atoms with van der Waals surface area (Å²) in [6.45, 7) is 15.6. The van der Waals surface area contributed by atoms with Crippen LogP contribution in [0, 0.1) is 6.92 Å². The molecule has 1 fully saturated rings. The Balaban J connectivity index is 0.000000983. The van der Waals surface area contributed by atoms with Crippen LogP contribution in [0.4, 0.5) is 0 Å². The first-order chi connectivity index (χ1) is 18.6. The molecule has 1 aliphatic rings. The van der Waals surface area contributed by atoms with Crippen molar-refractivity contribution in [1.82, 2.24) is 9.97 Å². The molecule has 0 bridgehead atoms. The Morgan fingerprint density at radius 1 is 0.769 bits per heavy atom. The molecular weight excluding hydrogens is 479 g/mol. The largest absolute Gasteiger partial charge is 0.494 e. The average Bonchev–Trinajstić information content (AvgIpc) is 3.14. The number of benzene rings is 4. The zero-order chi connectivity index (χ0) is 27.8. The van der Waals surface area contributed by atoms with Crippen LogP contribution in [0.15, 0.2) is 97.6 Å². The minimum atomic E-state index is -0.438. The highest BCUT2D eigenvalue weighted by atomic mass is 16.7. The summed E-state index contributed by atoms with van der Waals surface area (Å²) in [4.78, 5) is 10.1. The summed E-state index contributed by atoms with van der Waals surface area (Å²) in [5.74, 6) is 0.693. The molecule has 5 heteroatoms. The van der Waals surface area contributed by atoms with E-state index in [9.17, 15) is 0 Å². The molecule has 0 saturated carbocycles. The molecule has 0 N–H and O–H groups in total. The van der Waals surface area contributed by atoms with Crippen molar-refractivity contribution in [3.8, 4) is 22.6 Å². The first kappa shape index (κ1) is 26.8. The molecule has 4 aromatic carbocycles. The number of aryl methyl sites for hydroxylation is 1. The van der Waals surface area contributed by atoms with Crippen molar-refractivity contribution in [3.05, 3.63) is 103 Å². The summed E-state index contributed by atoms with van der Waals surface area (Å²) in [5.41, 5.74) is 5.20. The molecule has 0 atom stereocenters. The van der Waals surface area contributed by atoms with Crippen LogP contribution in [0.25, 0.3) is 44.3 Å². The monoisotopic (exact) mass is 514 g/mol. The Kier molecular flexibility index (Phi) is 7.15. The van der Waals surface area contributed by atoms with Gasteiger partial charge in [0.15, 0.2) is 5.82 Å². The summed E-state index contributed by atoms with van der Waals surface area (Å²) >= 11 is 0. The van der Waals surface area contributed by atoms with Gasteiger partial charge in [-0.05, 0) is 69.9 Å². The van der Waals surface area contributed by atoms with E-state index in [0.29, 0.717) is 5.82 Å². The van der Waals surface area contributed by atoms with Crippen molar-refractivity contribution in [2.75, 3.05) is 0 Å². The van der Waals surface area contributed by atoms with Crippen LogP contribution in [-0.2, 0) is 9.31 Å². The quantitative estimate of drug-likeness (QED) is 0.181. The van der Waals surface area contributed by atoms with Crippen molar-refractivity contribution in [1.29, 1.82) is 0 Å². The third-order valence-electron chi connectivity index (χ3n) is 7.53. The maximum absolute atomic E-state index is 6.34. The second-order valence-electron chi connectivity index (χ2n) is 11.1. The molecule has 0 unspecified atom stereocenters. The van der Waals surface area contributed by atoms with Gasteiger partial charge in [-0.1, -0.05) is 84.4 Å². The van der Waals surface area contributed by atoms with Crippen LogP contribution in [0.3, 0.4) is 0 Å². The van der Waals surface area contributed by atoms with Gasteiger partial charge < -0.3 is 9.31 Å². The van der Waals surface area contributed by atoms with E-state index >= 15 is 0 Å². The van der Waals surface area contributed by atoms with Gasteiger partial charge in [0.05, 0.1) is 22.4 Å². The van der Waals surface area contributed by atoms with Crippen molar-refractivity contribution in [2.24, 2.45) is 0 Å². The van der Waals surface area contributed by atoms with E-state index in [1.165, 1.54) is 10.8 Å². The first-order valence-corrected chi connectivity index (χ1v) is 13.4. The molecule has 2 heterocycles. The van der Waals surface area contributed by atoms with Gasteiger partial charge >= 0.3 is 7.12 Å². The highest BCUT2D eigenvalue weighted by Crippen LogP contribution is 2.37. The summed E-state index contributed by atoms with van der Waals surface area (Å²) in [7, 11) is -0.438. The minimum Gasteiger partial charge on any atom is -0.399 e. The second kappa shape index (κ2) is 10.4. The van der Waals surface area contributed by atoms with E-state index < -0.39 is 18.3 Å². The molecule has 196 valence electrons. The van der Waals surface area contributed by atoms with Gasteiger partial charge in [-0.3, -0.25) is 0 Å². The third kappa shape index (κ3) is 5.12.